The van der Waals surface area contributed by atoms with Crippen molar-refractivity contribution in [3.05, 3.63) is 88.4 Å². The molecule has 0 aliphatic heterocycles. The normalized spacial score (nSPS) is 12.4. The van der Waals surface area contributed by atoms with Crippen LogP contribution >= 0.6 is 11.6 Å². The number of aryl methyl sites for hydroxylation is 1. The van der Waals surface area contributed by atoms with Crippen molar-refractivity contribution in [3.63, 3.8) is 0 Å². The second kappa shape index (κ2) is 11.0. The van der Waals surface area contributed by atoms with Gasteiger partial charge in [-0.2, -0.15) is 4.72 Å². The third-order valence-electron chi connectivity index (χ3n) is 5.49. The molecule has 0 aliphatic carbocycles. The number of carbonyl (C=O) groups excluding carboxylic acids is 1. The summed E-state index contributed by atoms with van der Waals surface area (Å²) >= 11 is 6.05. The highest BCUT2D eigenvalue weighted by atomic mass is 35.5. The van der Waals surface area contributed by atoms with Crippen LogP contribution < -0.4 is 14.8 Å². The lowest BCUT2D eigenvalue weighted by atomic mass is 9.97. The molecule has 0 saturated carbocycles. The predicted octanol–water partition coefficient (Wildman–Crippen LogP) is 5.31. The van der Waals surface area contributed by atoms with Crippen molar-refractivity contribution in [1.82, 2.24) is 4.72 Å². The van der Waals surface area contributed by atoms with Gasteiger partial charge in [0.2, 0.25) is 15.9 Å². The third kappa shape index (κ3) is 6.17. The molecular weight excluding hydrogens is 472 g/mol. The fourth-order valence-electron chi connectivity index (χ4n) is 3.70. The molecule has 2 N–H and O–H groups in total. The summed E-state index contributed by atoms with van der Waals surface area (Å²) in [5, 5.41) is 3.21. The molecule has 0 radical (unpaired) electrons. The molecule has 34 heavy (non-hydrogen) atoms. The van der Waals surface area contributed by atoms with Gasteiger partial charge in [-0.15, -0.1) is 0 Å². The topological polar surface area (TPSA) is 84.5 Å². The Kier molecular flexibility index (Phi) is 8.36. The van der Waals surface area contributed by atoms with Crippen molar-refractivity contribution in [2.75, 3.05) is 12.4 Å². The predicted molar refractivity (Wildman–Crippen MR) is 136 cm³/mol. The Hall–Kier alpha value is -2.87. The Bertz CT molecular complexity index is 1260. The summed E-state index contributed by atoms with van der Waals surface area (Å²) in [6.07, 6.45) is 0.164. The highest BCUT2D eigenvalue weighted by Gasteiger charge is 2.29. The lowest BCUT2D eigenvalue weighted by molar-refractivity contribution is -0.117. The maximum Gasteiger partial charge on any atom is 0.245 e. The fourth-order valence-corrected chi connectivity index (χ4v) is 5.33. The molecular formula is C26H29ClN2O4S. The zero-order valence-electron chi connectivity index (χ0n) is 19.6. The first-order valence-electron chi connectivity index (χ1n) is 10.9. The SMILES string of the molecule is COc1ccc(Cl)cc1S(=O)(=O)N[C@@H](Cc1ccccc1)C(=O)Nc1c(C)cccc1C(C)C. The first-order chi connectivity index (χ1) is 16.1. The Morgan fingerprint density at radius 2 is 1.74 bits per heavy atom. The molecule has 3 aromatic carbocycles. The number of hydrogen-bond donors (Lipinski definition) is 2. The van der Waals surface area contributed by atoms with Crippen molar-refractivity contribution in [1.29, 1.82) is 0 Å². The van der Waals surface area contributed by atoms with Gasteiger partial charge in [0.15, 0.2) is 0 Å². The van der Waals surface area contributed by atoms with Crippen molar-refractivity contribution in [2.24, 2.45) is 0 Å². The quantitative estimate of drug-likeness (QED) is 0.417. The molecule has 8 heteroatoms. The van der Waals surface area contributed by atoms with Crippen LogP contribution in [0.3, 0.4) is 0 Å². The van der Waals surface area contributed by atoms with Crippen LogP contribution in [0.1, 0.15) is 36.5 Å². The van der Waals surface area contributed by atoms with Crippen LogP contribution in [0.4, 0.5) is 5.69 Å². The van der Waals surface area contributed by atoms with Crippen LogP contribution in [0.25, 0.3) is 0 Å². The van der Waals surface area contributed by atoms with Crippen LogP contribution in [0.15, 0.2) is 71.6 Å². The highest BCUT2D eigenvalue weighted by Crippen LogP contribution is 2.29. The minimum absolute atomic E-state index is 0.132. The molecule has 1 atom stereocenters. The zero-order valence-corrected chi connectivity index (χ0v) is 21.2. The molecule has 0 aliphatic rings. The van der Waals surface area contributed by atoms with Gasteiger partial charge >= 0.3 is 0 Å². The van der Waals surface area contributed by atoms with Gasteiger partial charge in [-0.1, -0.05) is 74.0 Å². The van der Waals surface area contributed by atoms with Gasteiger partial charge in [0, 0.05) is 10.7 Å². The van der Waals surface area contributed by atoms with E-state index < -0.39 is 22.0 Å². The first-order valence-corrected chi connectivity index (χ1v) is 12.8. The lowest BCUT2D eigenvalue weighted by Crippen LogP contribution is -2.45. The van der Waals surface area contributed by atoms with E-state index in [0.29, 0.717) is 5.69 Å². The number of rotatable bonds is 9. The van der Waals surface area contributed by atoms with E-state index in [9.17, 15) is 13.2 Å². The zero-order chi connectivity index (χ0) is 24.9. The van der Waals surface area contributed by atoms with Gasteiger partial charge in [0.05, 0.1) is 7.11 Å². The number of amides is 1. The summed E-state index contributed by atoms with van der Waals surface area (Å²) in [6, 6.07) is 18.3. The summed E-state index contributed by atoms with van der Waals surface area (Å²) in [6.45, 7) is 5.99. The van der Waals surface area contributed by atoms with Crippen molar-refractivity contribution < 1.29 is 17.9 Å². The molecule has 0 spiro atoms. The Balaban J connectivity index is 1.98. The minimum atomic E-state index is -4.14. The molecule has 3 aromatic rings. The van der Waals surface area contributed by atoms with E-state index in [4.69, 9.17) is 16.3 Å². The van der Waals surface area contributed by atoms with Gasteiger partial charge < -0.3 is 10.1 Å². The Morgan fingerprint density at radius 1 is 1.03 bits per heavy atom. The van der Waals surface area contributed by atoms with Crippen LogP contribution in [-0.2, 0) is 21.2 Å². The maximum absolute atomic E-state index is 13.5. The van der Waals surface area contributed by atoms with Crippen molar-refractivity contribution in [2.45, 2.75) is 44.0 Å². The maximum atomic E-state index is 13.5. The number of para-hydroxylation sites is 1. The summed E-state index contributed by atoms with van der Waals surface area (Å²) in [4.78, 5) is 13.3. The van der Waals surface area contributed by atoms with E-state index >= 15 is 0 Å². The molecule has 1 amide bonds. The van der Waals surface area contributed by atoms with Gasteiger partial charge in [0.1, 0.15) is 16.7 Å². The number of carbonyl (C=O) groups is 1. The monoisotopic (exact) mass is 500 g/mol. The third-order valence-corrected chi connectivity index (χ3v) is 7.21. The molecule has 0 saturated heterocycles. The molecule has 0 unspecified atom stereocenters. The molecule has 3 rings (SSSR count). The Morgan fingerprint density at radius 3 is 2.38 bits per heavy atom. The molecule has 0 aromatic heterocycles. The van der Waals surface area contributed by atoms with Crippen LogP contribution in [0.2, 0.25) is 5.02 Å². The van der Waals surface area contributed by atoms with Crippen LogP contribution in [0.5, 0.6) is 5.75 Å². The number of halogens is 1. The van der Waals surface area contributed by atoms with Crippen LogP contribution in [-0.4, -0.2) is 27.5 Å². The lowest BCUT2D eigenvalue weighted by Gasteiger charge is -2.22. The van der Waals surface area contributed by atoms with E-state index in [2.05, 4.69) is 10.0 Å². The largest absolute Gasteiger partial charge is 0.495 e. The second-order valence-corrected chi connectivity index (χ2v) is 10.5. The van der Waals surface area contributed by atoms with Gasteiger partial charge in [-0.3, -0.25) is 4.79 Å². The van der Waals surface area contributed by atoms with Gasteiger partial charge in [0.25, 0.3) is 0 Å². The van der Waals surface area contributed by atoms with E-state index in [1.165, 1.54) is 19.2 Å². The number of benzene rings is 3. The average molecular weight is 501 g/mol. The molecule has 0 heterocycles. The van der Waals surface area contributed by atoms with Gasteiger partial charge in [-0.25, -0.2) is 8.42 Å². The minimum Gasteiger partial charge on any atom is -0.495 e. The standard InChI is InChI=1S/C26H29ClN2O4S/c1-17(2)21-12-8-9-18(3)25(21)28-26(30)22(15-19-10-6-5-7-11-19)29-34(31,32)24-16-20(27)13-14-23(24)33-4/h5-14,16-17,22,29H,15H2,1-4H3,(H,28,30)/t22-/m0/s1. The van der Waals surface area contributed by atoms with E-state index in [1.807, 2.05) is 69.3 Å². The van der Waals surface area contributed by atoms with E-state index in [1.54, 1.807) is 6.07 Å². The van der Waals surface area contributed by atoms with Crippen molar-refractivity contribution >= 4 is 33.2 Å². The number of anilines is 1. The molecule has 0 fully saturated rings. The molecule has 180 valence electrons. The summed E-state index contributed by atoms with van der Waals surface area (Å²) in [5.74, 6) is -0.142. The summed E-state index contributed by atoms with van der Waals surface area (Å²) in [5.41, 5.74) is 3.39. The number of hydrogen-bond acceptors (Lipinski definition) is 4. The summed E-state index contributed by atoms with van der Waals surface area (Å²) in [7, 11) is -2.76. The highest BCUT2D eigenvalue weighted by molar-refractivity contribution is 7.89. The number of sulfonamides is 1. The van der Waals surface area contributed by atoms with Gasteiger partial charge in [-0.05, 0) is 54.2 Å². The average Bonchev–Trinajstić information content (AvgIpc) is 2.80. The number of nitrogens with one attached hydrogen (secondary N) is 2. The number of ether oxygens (including phenoxy) is 1. The van der Waals surface area contributed by atoms with E-state index in [-0.39, 0.29) is 28.0 Å². The molecule has 0 bridgehead atoms. The smallest absolute Gasteiger partial charge is 0.245 e. The first kappa shape index (κ1) is 25.7. The Labute approximate surface area is 206 Å². The van der Waals surface area contributed by atoms with Crippen LogP contribution in [0, 0.1) is 6.92 Å². The summed E-state index contributed by atoms with van der Waals surface area (Å²) < 4.78 is 34.5. The number of methoxy groups -OCH3 is 1. The van der Waals surface area contributed by atoms with Crippen molar-refractivity contribution in [3.8, 4) is 5.75 Å². The fraction of sp³-hybridized carbons (Fsp3) is 0.269. The second-order valence-electron chi connectivity index (χ2n) is 8.34. The van der Waals surface area contributed by atoms with E-state index in [0.717, 1.165) is 16.7 Å². The molecule has 6 nitrogen and oxygen atoms in total.